The molecule has 0 saturated carbocycles. The fourth-order valence-electron chi connectivity index (χ4n) is 1.72. The first-order valence-corrected chi connectivity index (χ1v) is 6.74. The van der Waals surface area contributed by atoms with Gasteiger partial charge in [0.05, 0.1) is 6.61 Å². The van der Waals surface area contributed by atoms with E-state index in [0.717, 1.165) is 39.0 Å². The van der Waals surface area contributed by atoms with Crippen LogP contribution in [0.1, 0.15) is 38.7 Å². The van der Waals surface area contributed by atoms with Gasteiger partial charge in [-0.1, -0.05) is 20.3 Å². The van der Waals surface area contributed by atoms with E-state index < -0.39 is 0 Å². The predicted molar refractivity (Wildman–Crippen MR) is 72.1 cm³/mol. The van der Waals surface area contributed by atoms with E-state index in [2.05, 4.69) is 36.9 Å². The van der Waals surface area contributed by atoms with Gasteiger partial charge in [-0.3, -0.25) is 0 Å². The van der Waals surface area contributed by atoms with Crippen LogP contribution in [0.15, 0.2) is 18.5 Å². The summed E-state index contributed by atoms with van der Waals surface area (Å²) >= 11 is 0. The van der Waals surface area contributed by atoms with Gasteiger partial charge in [0.15, 0.2) is 0 Å². The lowest BCUT2D eigenvalue weighted by Crippen LogP contribution is -2.21. The van der Waals surface area contributed by atoms with Crippen molar-refractivity contribution in [2.45, 2.75) is 52.1 Å². The van der Waals surface area contributed by atoms with E-state index in [1.807, 2.05) is 0 Å². The molecule has 1 aromatic rings. The molecule has 1 unspecified atom stereocenters. The van der Waals surface area contributed by atoms with Gasteiger partial charge >= 0.3 is 0 Å². The van der Waals surface area contributed by atoms with Crippen LogP contribution in [0.3, 0.4) is 0 Å². The number of hydrogen-bond donors (Lipinski definition) is 1. The Hall–Kier alpha value is -0.800. The zero-order chi connectivity index (χ0) is 12.5. The molecule has 1 atom stereocenters. The van der Waals surface area contributed by atoms with Gasteiger partial charge in [-0.05, 0) is 30.9 Å². The summed E-state index contributed by atoms with van der Waals surface area (Å²) in [5.41, 5.74) is 7.26. The third-order valence-electron chi connectivity index (χ3n) is 2.97. The average Bonchev–Trinajstić information content (AvgIpc) is 2.76. The number of ether oxygens (including phenoxy) is 1. The Bertz CT molecular complexity index is 296. The lowest BCUT2D eigenvalue weighted by atomic mass is 10.1. The van der Waals surface area contributed by atoms with Gasteiger partial charge in [0.25, 0.3) is 0 Å². The maximum absolute atomic E-state index is 5.94. The molecule has 2 N–H and O–H groups in total. The number of aromatic nitrogens is 1. The van der Waals surface area contributed by atoms with Crippen molar-refractivity contribution in [2.24, 2.45) is 5.73 Å². The van der Waals surface area contributed by atoms with E-state index in [1.165, 1.54) is 12.0 Å². The molecule has 0 amide bonds. The van der Waals surface area contributed by atoms with Crippen molar-refractivity contribution in [2.75, 3.05) is 13.2 Å². The Morgan fingerprint density at radius 3 is 2.88 bits per heavy atom. The first-order valence-electron chi connectivity index (χ1n) is 6.74. The van der Waals surface area contributed by atoms with E-state index >= 15 is 0 Å². The highest BCUT2D eigenvalue weighted by molar-refractivity contribution is 5.11. The summed E-state index contributed by atoms with van der Waals surface area (Å²) in [5.74, 6) is 0. The van der Waals surface area contributed by atoms with Crippen molar-refractivity contribution < 1.29 is 4.74 Å². The molecule has 1 rings (SSSR count). The molecule has 0 spiro atoms. The Morgan fingerprint density at radius 1 is 1.35 bits per heavy atom. The van der Waals surface area contributed by atoms with Crippen LogP contribution < -0.4 is 5.73 Å². The Balaban J connectivity index is 2.21. The minimum atomic E-state index is 0.284. The molecule has 0 aromatic carbocycles. The summed E-state index contributed by atoms with van der Waals surface area (Å²) in [4.78, 5) is 0. The highest BCUT2D eigenvalue weighted by Crippen LogP contribution is 2.05. The maximum atomic E-state index is 5.94. The summed E-state index contributed by atoms with van der Waals surface area (Å²) < 4.78 is 7.73. The summed E-state index contributed by atoms with van der Waals surface area (Å²) in [6.45, 7) is 6.92. The van der Waals surface area contributed by atoms with E-state index in [1.54, 1.807) is 0 Å². The molecular formula is C14H26N2O. The summed E-state index contributed by atoms with van der Waals surface area (Å²) in [5, 5.41) is 0. The van der Waals surface area contributed by atoms with Gasteiger partial charge in [-0.2, -0.15) is 0 Å². The molecule has 1 aromatic heterocycles. The van der Waals surface area contributed by atoms with Crippen molar-refractivity contribution in [3.05, 3.63) is 24.0 Å². The van der Waals surface area contributed by atoms with Crippen molar-refractivity contribution in [3.63, 3.8) is 0 Å². The van der Waals surface area contributed by atoms with E-state index in [4.69, 9.17) is 10.5 Å². The monoisotopic (exact) mass is 238 g/mol. The highest BCUT2D eigenvalue weighted by Gasteiger charge is 2.02. The first kappa shape index (κ1) is 14.3. The van der Waals surface area contributed by atoms with Gasteiger partial charge in [-0.15, -0.1) is 0 Å². The first-order chi connectivity index (χ1) is 8.26. The smallest absolute Gasteiger partial charge is 0.0645 e. The SMILES string of the molecule is CCCCOCCn1ccc(CC(N)CC)c1. The minimum absolute atomic E-state index is 0.284. The van der Waals surface area contributed by atoms with Crippen molar-refractivity contribution in [1.82, 2.24) is 4.57 Å². The number of hydrogen-bond acceptors (Lipinski definition) is 2. The van der Waals surface area contributed by atoms with E-state index in [0.29, 0.717) is 0 Å². The van der Waals surface area contributed by atoms with Crippen LogP contribution in [0, 0.1) is 0 Å². The zero-order valence-corrected chi connectivity index (χ0v) is 11.2. The quantitative estimate of drug-likeness (QED) is 0.672. The standard InChI is InChI=1S/C14H26N2O/c1-3-5-9-17-10-8-16-7-6-13(12-16)11-14(15)4-2/h6-7,12,14H,3-5,8-11,15H2,1-2H3. The summed E-state index contributed by atoms with van der Waals surface area (Å²) in [6, 6.07) is 2.44. The lowest BCUT2D eigenvalue weighted by molar-refractivity contribution is 0.123. The van der Waals surface area contributed by atoms with E-state index in [9.17, 15) is 0 Å². The molecule has 17 heavy (non-hydrogen) atoms. The normalized spacial score (nSPS) is 12.9. The number of rotatable bonds is 9. The Morgan fingerprint density at radius 2 is 2.18 bits per heavy atom. The van der Waals surface area contributed by atoms with Crippen LogP contribution in [0.4, 0.5) is 0 Å². The minimum Gasteiger partial charge on any atom is -0.380 e. The molecule has 3 heteroatoms. The van der Waals surface area contributed by atoms with Crippen LogP contribution in [0.2, 0.25) is 0 Å². The second-order valence-corrected chi connectivity index (χ2v) is 4.60. The highest BCUT2D eigenvalue weighted by atomic mass is 16.5. The molecule has 0 radical (unpaired) electrons. The van der Waals surface area contributed by atoms with Crippen LogP contribution >= 0.6 is 0 Å². The fraction of sp³-hybridized carbons (Fsp3) is 0.714. The Kier molecular flexibility index (Phi) is 6.97. The van der Waals surface area contributed by atoms with Crippen LogP contribution in [0.25, 0.3) is 0 Å². The van der Waals surface area contributed by atoms with Crippen molar-refractivity contribution >= 4 is 0 Å². The number of unbranched alkanes of at least 4 members (excludes halogenated alkanes) is 1. The molecule has 0 aliphatic carbocycles. The molecule has 0 fully saturated rings. The van der Waals surface area contributed by atoms with Crippen LogP contribution in [0.5, 0.6) is 0 Å². The molecular weight excluding hydrogens is 212 g/mol. The topological polar surface area (TPSA) is 40.2 Å². The van der Waals surface area contributed by atoms with Crippen molar-refractivity contribution in [3.8, 4) is 0 Å². The number of nitrogens with two attached hydrogens (primary N) is 1. The van der Waals surface area contributed by atoms with E-state index in [-0.39, 0.29) is 6.04 Å². The largest absolute Gasteiger partial charge is 0.380 e. The summed E-state index contributed by atoms with van der Waals surface area (Å²) in [7, 11) is 0. The second kappa shape index (κ2) is 8.31. The molecule has 98 valence electrons. The zero-order valence-electron chi connectivity index (χ0n) is 11.2. The van der Waals surface area contributed by atoms with Gasteiger partial charge in [-0.25, -0.2) is 0 Å². The predicted octanol–water partition coefficient (Wildman–Crippen LogP) is 2.58. The van der Waals surface area contributed by atoms with Gasteiger partial charge < -0.3 is 15.0 Å². The van der Waals surface area contributed by atoms with Crippen molar-refractivity contribution in [1.29, 1.82) is 0 Å². The summed E-state index contributed by atoms with van der Waals surface area (Å²) in [6.07, 6.45) is 8.65. The third kappa shape index (κ3) is 5.89. The van der Waals surface area contributed by atoms with Crippen LogP contribution in [-0.4, -0.2) is 23.8 Å². The van der Waals surface area contributed by atoms with Gasteiger partial charge in [0.2, 0.25) is 0 Å². The second-order valence-electron chi connectivity index (χ2n) is 4.60. The van der Waals surface area contributed by atoms with Gasteiger partial charge in [0, 0.05) is 31.6 Å². The third-order valence-corrected chi connectivity index (χ3v) is 2.97. The van der Waals surface area contributed by atoms with Crippen LogP contribution in [-0.2, 0) is 17.7 Å². The Labute approximate surface area is 105 Å². The fourth-order valence-corrected chi connectivity index (χ4v) is 1.72. The molecule has 0 bridgehead atoms. The molecule has 0 saturated heterocycles. The molecule has 1 heterocycles. The lowest BCUT2D eigenvalue weighted by Gasteiger charge is -2.06. The number of nitrogens with zero attached hydrogens (tertiary/aromatic N) is 1. The molecule has 0 aliphatic heterocycles. The molecule has 0 aliphatic rings. The average molecular weight is 238 g/mol. The maximum Gasteiger partial charge on any atom is 0.0645 e. The molecule has 3 nitrogen and oxygen atoms in total. The van der Waals surface area contributed by atoms with Gasteiger partial charge in [0.1, 0.15) is 0 Å².